The van der Waals surface area contributed by atoms with E-state index in [2.05, 4.69) is 39.1 Å². The first-order valence-corrected chi connectivity index (χ1v) is 13.9. The fraction of sp³-hybridized carbons (Fsp3) is 0.909. The molecule has 0 aliphatic carbocycles. The summed E-state index contributed by atoms with van der Waals surface area (Å²) in [6, 6.07) is 0. The number of hydrogen-bond donors (Lipinski definition) is 0. The van der Waals surface area contributed by atoms with E-state index in [1.807, 2.05) is 0 Å². The second-order valence-electron chi connectivity index (χ2n) is 7.71. The molecule has 3 heteroatoms. The van der Waals surface area contributed by atoms with Gasteiger partial charge in [0.25, 0.3) is 0 Å². The molecule has 0 bridgehead atoms. The maximum absolute atomic E-state index is 6.02. The first-order valence-electron chi connectivity index (χ1n) is 11.0. The maximum Gasteiger partial charge on any atom is 0.331 e. The van der Waals surface area contributed by atoms with Gasteiger partial charge in [-0.2, -0.15) is 0 Å². The summed E-state index contributed by atoms with van der Waals surface area (Å²) >= 11 is 0. The Kier molecular flexibility index (Phi) is 18.6. The van der Waals surface area contributed by atoms with Crippen LogP contribution in [0.2, 0.25) is 13.1 Å². The van der Waals surface area contributed by atoms with Crippen molar-refractivity contribution in [1.29, 1.82) is 0 Å². The molecule has 0 spiro atoms. The van der Waals surface area contributed by atoms with E-state index in [0.717, 1.165) is 6.61 Å². The minimum Gasteiger partial charge on any atom is -0.395 e. The van der Waals surface area contributed by atoms with E-state index in [1.54, 1.807) is 0 Å². The van der Waals surface area contributed by atoms with Gasteiger partial charge in [-0.25, -0.2) is 0 Å². The average molecular weight is 371 g/mol. The number of allylic oxidation sites excluding steroid dienone is 1. The smallest absolute Gasteiger partial charge is 0.331 e. The van der Waals surface area contributed by atoms with Crippen molar-refractivity contribution in [2.45, 2.75) is 117 Å². The van der Waals surface area contributed by atoms with E-state index < -0.39 is 8.56 Å². The third-order valence-corrected chi connectivity index (χ3v) is 6.38. The Bertz CT molecular complexity index is 290. The molecular weight excluding hydrogens is 324 g/mol. The number of unbranched alkanes of at least 4 members (excludes halogenated alkanes) is 12. The molecule has 0 aliphatic heterocycles. The minimum atomic E-state index is -1.93. The first kappa shape index (κ1) is 24.9. The lowest BCUT2D eigenvalue weighted by Crippen LogP contribution is -2.35. The zero-order valence-corrected chi connectivity index (χ0v) is 18.8. The summed E-state index contributed by atoms with van der Waals surface area (Å²) in [5, 5.41) is 0. The summed E-state index contributed by atoms with van der Waals surface area (Å²) in [6.07, 6.45) is 23.2. The van der Waals surface area contributed by atoms with E-state index in [9.17, 15) is 0 Å². The van der Waals surface area contributed by atoms with Crippen LogP contribution in [0.4, 0.5) is 0 Å². The second kappa shape index (κ2) is 18.7. The number of hydrogen-bond acceptors (Lipinski definition) is 2. The fourth-order valence-electron chi connectivity index (χ4n) is 2.90. The van der Waals surface area contributed by atoms with Crippen molar-refractivity contribution in [3.63, 3.8) is 0 Å². The van der Waals surface area contributed by atoms with Gasteiger partial charge >= 0.3 is 8.56 Å². The van der Waals surface area contributed by atoms with Crippen molar-refractivity contribution in [2.75, 3.05) is 13.2 Å². The molecule has 0 amide bonds. The normalized spacial score (nSPS) is 12.3. The molecule has 0 aliphatic rings. The monoisotopic (exact) mass is 370 g/mol. The van der Waals surface area contributed by atoms with Crippen LogP contribution in [0, 0.1) is 0 Å². The lowest BCUT2D eigenvalue weighted by molar-refractivity contribution is 0.190. The standard InChI is InChI=1S/C22H46O2Si/c1-5-7-9-11-13-14-16-18-20-22-24-25(3,4)23-21-19-17-15-12-10-8-6-2/h18,20H,5-17,19,21-22H2,1-4H3/b20-18+. The molecule has 0 aromatic rings. The molecule has 0 unspecified atom stereocenters. The lowest BCUT2D eigenvalue weighted by Gasteiger charge is -2.22. The Hall–Kier alpha value is -0.123. The van der Waals surface area contributed by atoms with Gasteiger partial charge in [0.2, 0.25) is 0 Å². The molecule has 0 atom stereocenters. The number of rotatable bonds is 19. The maximum atomic E-state index is 6.02. The highest BCUT2D eigenvalue weighted by Crippen LogP contribution is 2.11. The van der Waals surface area contributed by atoms with Crippen molar-refractivity contribution in [1.82, 2.24) is 0 Å². The topological polar surface area (TPSA) is 18.5 Å². The average Bonchev–Trinajstić information content (AvgIpc) is 2.59. The van der Waals surface area contributed by atoms with Crippen LogP contribution in [-0.4, -0.2) is 21.8 Å². The van der Waals surface area contributed by atoms with Gasteiger partial charge in [0.1, 0.15) is 0 Å². The van der Waals surface area contributed by atoms with Crippen LogP contribution >= 0.6 is 0 Å². The van der Waals surface area contributed by atoms with Crippen LogP contribution in [-0.2, 0) is 8.85 Å². The van der Waals surface area contributed by atoms with Crippen molar-refractivity contribution in [3.05, 3.63) is 12.2 Å². The molecule has 25 heavy (non-hydrogen) atoms. The molecule has 0 N–H and O–H groups in total. The summed E-state index contributed by atoms with van der Waals surface area (Å²) in [7, 11) is -1.93. The molecule has 0 aromatic carbocycles. The molecule has 2 nitrogen and oxygen atoms in total. The van der Waals surface area contributed by atoms with Crippen molar-refractivity contribution in [2.24, 2.45) is 0 Å². The summed E-state index contributed by atoms with van der Waals surface area (Å²) in [4.78, 5) is 0. The van der Waals surface area contributed by atoms with Gasteiger partial charge in [0.15, 0.2) is 0 Å². The summed E-state index contributed by atoms with van der Waals surface area (Å²) in [6.45, 7) is 10.4. The van der Waals surface area contributed by atoms with Crippen LogP contribution in [0.1, 0.15) is 104 Å². The molecule has 0 radical (unpaired) electrons. The van der Waals surface area contributed by atoms with Gasteiger partial charge in [-0.05, 0) is 32.4 Å². The Labute approximate surface area is 160 Å². The van der Waals surface area contributed by atoms with Gasteiger partial charge in [-0.1, -0.05) is 96.6 Å². The predicted molar refractivity (Wildman–Crippen MR) is 115 cm³/mol. The van der Waals surface area contributed by atoms with Crippen molar-refractivity contribution in [3.8, 4) is 0 Å². The SMILES string of the molecule is CCCCCCCC/C=C/CO[Si](C)(C)OCCCCCCCCC. The van der Waals surface area contributed by atoms with Gasteiger partial charge in [0.05, 0.1) is 6.61 Å². The Balaban J connectivity index is 3.43. The first-order chi connectivity index (χ1) is 12.1. The minimum absolute atomic E-state index is 0.714. The van der Waals surface area contributed by atoms with E-state index in [0.29, 0.717) is 6.61 Å². The Morgan fingerprint density at radius 2 is 1.12 bits per heavy atom. The van der Waals surface area contributed by atoms with Crippen LogP contribution < -0.4 is 0 Å². The molecule has 0 saturated carbocycles. The quantitative estimate of drug-likeness (QED) is 0.131. The van der Waals surface area contributed by atoms with Crippen molar-refractivity contribution < 1.29 is 8.85 Å². The molecule has 0 rings (SSSR count). The van der Waals surface area contributed by atoms with Crippen molar-refractivity contribution >= 4 is 8.56 Å². The van der Waals surface area contributed by atoms with E-state index in [4.69, 9.17) is 8.85 Å². The highest BCUT2D eigenvalue weighted by Gasteiger charge is 2.23. The van der Waals surface area contributed by atoms with Gasteiger partial charge in [-0.3, -0.25) is 0 Å². The Morgan fingerprint density at radius 3 is 1.72 bits per heavy atom. The molecule has 0 fully saturated rings. The van der Waals surface area contributed by atoms with Gasteiger partial charge < -0.3 is 8.85 Å². The van der Waals surface area contributed by atoms with Gasteiger partial charge in [0, 0.05) is 6.61 Å². The fourth-order valence-corrected chi connectivity index (χ4v) is 4.11. The van der Waals surface area contributed by atoms with E-state index in [-0.39, 0.29) is 0 Å². The summed E-state index contributed by atoms with van der Waals surface area (Å²) in [5.41, 5.74) is 0. The van der Waals surface area contributed by atoms with E-state index >= 15 is 0 Å². The van der Waals surface area contributed by atoms with Crippen LogP contribution in [0.25, 0.3) is 0 Å². The van der Waals surface area contributed by atoms with Crippen LogP contribution in [0.3, 0.4) is 0 Å². The van der Waals surface area contributed by atoms with E-state index in [1.165, 1.54) is 89.9 Å². The predicted octanol–water partition coefficient (Wildman–Crippen LogP) is 7.78. The zero-order chi connectivity index (χ0) is 18.6. The lowest BCUT2D eigenvalue weighted by atomic mass is 10.1. The highest BCUT2D eigenvalue weighted by molar-refractivity contribution is 6.64. The summed E-state index contributed by atoms with van der Waals surface area (Å²) < 4.78 is 12.0. The van der Waals surface area contributed by atoms with Gasteiger partial charge in [-0.15, -0.1) is 0 Å². The third kappa shape index (κ3) is 20.0. The van der Waals surface area contributed by atoms with Crippen LogP contribution in [0.15, 0.2) is 12.2 Å². The molecule has 0 aromatic heterocycles. The highest BCUT2D eigenvalue weighted by atomic mass is 28.4. The molecular formula is C22H46O2Si. The largest absolute Gasteiger partial charge is 0.395 e. The zero-order valence-electron chi connectivity index (χ0n) is 17.8. The molecule has 0 heterocycles. The third-order valence-electron chi connectivity index (χ3n) is 4.62. The molecule has 0 saturated heterocycles. The summed E-state index contributed by atoms with van der Waals surface area (Å²) in [5.74, 6) is 0. The van der Waals surface area contributed by atoms with Crippen LogP contribution in [0.5, 0.6) is 0 Å². The Morgan fingerprint density at radius 1 is 0.600 bits per heavy atom. The molecule has 150 valence electrons. The second-order valence-corrected chi connectivity index (χ2v) is 11.1.